The lowest BCUT2D eigenvalue weighted by Gasteiger charge is -2.28. The Kier molecular flexibility index (Phi) is 2.39. The van der Waals surface area contributed by atoms with Gasteiger partial charge < -0.3 is 0 Å². The van der Waals surface area contributed by atoms with Crippen molar-refractivity contribution in [3.8, 4) is 0 Å². The molecule has 0 unspecified atom stereocenters. The molecule has 2 saturated carbocycles. The van der Waals surface area contributed by atoms with Gasteiger partial charge >= 0.3 is 0 Å². The van der Waals surface area contributed by atoms with E-state index in [1.807, 2.05) is 0 Å². The maximum atomic E-state index is 3.50. The van der Waals surface area contributed by atoms with Gasteiger partial charge in [-0.1, -0.05) is 28.1 Å². The van der Waals surface area contributed by atoms with Crippen LogP contribution in [-0.2, 0) is 0 Å². The van der Waals surface area contributed by atoms with Crippen LogP contribution in [0.2, 0.25) is 0 Å². The van der Waals surface area contributed by atoms with Gasteiger partial charge in [0.25, 0.3) is 0 Å². The minimum atomic E-state index is 0.825. The third kappa shape index (κ3) is 1.99. The van der Waals surface area contributed by atoms with E-state index in [1.54, 1.807) is 5.56 Å². The molecule has 0 atom stereocenters. The normalized spacial score (nSPS) is 24.3. The summed E-state index contributed by atoms with van der Waals surface area (Å²) in [5.41, 5.74) is 2.37. The fourth-order valence-electron chi connectivity index (χ4n) is 2.98. The van der Waals surface area contributed by atoms with Crippen LogP contribution in [-0.4, -0.2) is 0 Å². The third-order valence-corrected chi connectivity index (χ3v) is 4.87. The van der Waals surface area contributed by atoms with Crippen LogP contribution in [0.3, 0.4) is 0 Å². The van der Waals surface area contributed by atoms with Crippen LogP contribution < -0.4 is 0 Å². The molecule has 0 nitrogen and oxygen atoms in total. The third-order valence-electron chi connectivity index (χ3n) is 4.34. The molecule has 3 rings (SSSR count). The van der Waals surface area contributed by atoms with Gasteiger partial charge in [0, 0.05) is 4.47 Å². The first-order chi connectivity index (χ1) is 7.27. The number of benzene rings is 1. The molecule has 0 radical (unpaired) electrons. The van der Waals surface area contributed by atoms with E-state index in [2.05, 4.69) is 40.2 Å². The zero-order valence-electron chi connectivity index (χ0n) is 9.01. The van der Waals surface area contributed by atoms with Gasteiger partial charge in [0.2, 0.25) is 0 Å². The maximum Gasteiger partial charge on any atom is 0.0175 e. The van der Waals surface area contributed by atoms with Crippen molar-refractivity contribution < 1.29 is 0 Å². The summed E-state index contributed by atoms with van der Waals surface area (Å²) in [7, 11) is 0. The molecule has 1 heteroatoms. The zero-order valence-corrected chi connectivity index (χ0v) is 10.6. The number of hydrogen-bond donors (Lipinski definition) is 0. The largest absolute Gasteiger partial charge is 0.0576 e. The Morgan fingerprint density at radius 3 is 2.07 bits per heavy atom. The van der Waals surface area contributed by atoms with Gasteiger partial charge in [-0.15, -0.1) is 0 Å². The van der Waals surface area contributed by atoms with Crippen molar-refractivity contribution in [1.29, 1.82) is 0 Å². The minimum Gasteiger partial charge on any atom is -0.0576 e. The van der Waals surface area contributed by atoms with E-state index in [-0.39, 0.29) is 0 Å². The van der Waals surface area contributed by atoms with E-state index in [0.717, 1.165) is 11.3 Å². The van der Waals surface area contributed by atoms with Crippen LogP contribution in [0, 0.1) is 5.41 Å². The first kappa shape index (κ1) is 9.89. The van der Waals surface area contributed by atoms with Crippen LogP contribution in [0.15, 0.2) is 28.7 Å². The highest BCUT2D eigenvalue weighted by atomic mass is 79.9. The van der Waals surface area contributed by atoms with E-state index >= 15 is 0 Å². The highest BCUT2D eigenvalue weighted by Crippen LogP contribution is 2.58. The lowest BCUT2D eigenvalue weighted by Crippen LogP contribution is -2.13. The van der Waals surface area contributed by atoms with Crippen molar-refractivity contribution in [3.63, 3.8) is 0 Å². The molecule has 0 aromatic heterocycles. The lowest BCUT2D eigenvalue weighted by atomic mass is 9.77. The van der Waals surface area contributed by atoms with Crippen molar-refractivity contribution >= 4 is 15.9 Å². The Hall–Kier alpha value is -0.300. The van der Waals surface area contributed by atoms with E-state index in [1.165, 1.54) is 43.0 Å². The van der Waals surface area contributed by atoms with Crippen LogP contribution in [0.5, 0.6) is 0 Å². The molecule has 1 aromatic rings. The Labute approximate surface area is 100 Å². The van der Waals surface area contributed by atoms with Gasteiger partial charge in [0.05, 0.1) is 0 Å². The summed E-state index contributed by atoms with van der Waals surface area (Å²) in [6, 6.07) is 8.94. The SMILES string of the molecule is Brc1ccc(C2CCC3(CC2)CC3)cc1. The lowest BCUT2D eigenvalue weighted by molar-refractivity contribution is 0.306. The Morgan fingerprint density at radius 1 is 0.933 bits per heavy atom. The molecule has 0 bridgehead atoms. The number of rotatable bonds is 1. The van der Waals surface area contributed by atoms with Crippen molar-refractivity contribution in [2.45, 2.75) is 44.4 Å². The van der Waals surface area contributed by atoms with E-state index in [0.29, 0.717) is 0 Å². The molecular weight excluding hydrogens is 248 g/mol. The first-order valence-corrected chi connectivity index (χ1v) is 6.82. The van der Waals surface area contributed by atoms with Gasteiger partial charge in [-0.2, -0.15) is 0 Å². The summed E-state index contributed by atoms with van der Waals surface area (Å²) in [6.45, 7) is 0. The highest BCUT2D eigenvalue weighted by Gasteiger charge is 2.44. The van der Waals surface area contributed by atoms with Crippen LogP contribution in [0.1, 0.15) is 50.0 Å². The first-order valence-electron chi connectivity index (χ1n) is 6.03. The fourth-order valence-corrected chi connectivity index (χ4v) is 3.24. The summed E-state index contributed by atoms with van der Waals surface area (Å²) >= 11 is 3.50. The number of hydrogen-bond acceptors (Lipinski definition) is 0. The van der Waals surface area contributed by atoms with E-state index < -0.39 is 0 Å². The molecule has 2 aliphatic carbocycles. The Morgan fingerprint density at radius 2 is 1.53 bits per heavy atom. The average molecular weight is 265 g/mol. The van der Waals surface area contributed by atoms with Gasteiger partial charge in [-0.05, 0) is 67.6 Å². The van der Waals surface area contributed by atoms with Gasteiger partial charge in [0.15, 0.2) is 0 Å². The van der Waals surface area contributed by atoms with Crippen molar-refractivity contribution in [2.24, 2.45) is 5.41 Å². The quantitative estimate of drug-likeness (QED) is 0.678. The summed E-state index contributed by atoms with van der Waals surface area (Å²) in [5.74, 6) is 0.837. The molecule has 2 fully saturated rings. The molecule has 0 amide bonds. The summed E-state index contributed by atoms with van der Waals surface area (Å²) < 4.78 is 1.20. The molecule has 0 aliphatic heterocycles. The molecule has 15 heavy (non-hydrogen) atoms. The highest BCUT2D eigenvalue weighted by molar-refractivity contribution is 9.10. The molecule has 0 saturated heterocycles. The van der Waals surface area contributed by atoms with Crippen LogP contribution in [0.25, 0.3) is 0 Å². The maximum absolute atomic E-state index is 3.50. The van der Waals surface area contributed by atoms with Crippen LogP contribution >= 0.6 is 15.9 Å². The second-order valence-electron chi connectivity index (χ2n) is 5.33. The van der Waals surface area contributed by atoms with Gasteiger partial charge in [-0.3, -0.25) is 0 Å². The molecule has 2 aliphatic rings. The van der Waals surface area contributed by atoms with Gasteiger partial charge in [-0.25, -0.2) is 0 Å². The molecule has 0 heterocycles. The Bertz CT molecular complexity index is 338. The minimum absolute atomic E-state index is 0.825. The topological polar surface area (TPSA) is 0 Å². The molecule has 80 valence electrons. The van der Waals surface area contributed by atoms with Crippen LogP contribution in [0.4, 0.5) is 0 Å². The molecule has 1 aromatic carbocycles. The average Bonchev–Trinajstić information content (AvgIpc) is 3.01. The summed E-state index contributed by atoms with van der Waals surface area (Å²) in [5, 5.41) is 0. The fraction of sp³-hybridized carbons (Fsp3) is 0.571. The monoisotopic (exact) mass is 264 g/mol. The second-order valence-corrected chi connectivity index (χ2v) is 6.24. The summed E-state index contributed by atoms with van der Waals surface area (Å²) in [6.07, 6.45) is 8.82. The molecule has 0 N–H and O–H groups in total. The predicted octanol–water partition coefficient (Wildman–Crippen LogP) is 4.89. The molecule has 1 spiro atoms. The predicted molar refractivity (Wildman–Crippen MR) is 67.0 cm³/mol. The summed E-state index contributed by atoms with van der Waals surface area (Å²) in [4.78, 5) is 0. The molecular formula is C14H17Br. The Balaban J connectivity index is 1.70. The standard InChI is InChI=1S/C14H17Br/c15-13-3-1-11(2-4-13)12-5-7-14(8-6-12)9-10-14/h1-4,12H,5-10H2. The number of halogens is 1. The van der Waals surface area contributed by atoms with Crippen molar-refractivity contribution in [2.75, 3.05) is 0 Å². The zero-order chi connectivity index (χ0) is 10.3. The van der Waals surface area contributed by atoms with Gasteiger partial charge in [0.1, 0.15) is 0 Å². The van der Waals surface area contributed by atoms with E-state index in [9.17, 15) is 0 Å². The van der Waals surface area contributed by atoms with Crippen molar-refractivity contribution in [3.05, 3.63) is 34.3 Å². The van der Waals surface area contributed by atoms with E-state index in [4.69, 9.17) is 0 Å². The second kappa shape index (κ2) is 3.62. The smallest absolute Gasteiger partial charge is 0.0175 e. The van der Waals surface area contributed by atoms with Crippen molar-refractivity contribution in [1.82, 2.24) is 0 Å².